The van der Waals surface area contributed by atoms with Crippen molar-refractivity contribution in [1.29, 1.82) is 0 Å². The van der Waals surface area contributed by atoms with Gasteiger partial charge in [0.1, 0.15) is 12.4 Å². The fourth-order valence-electron chi connectivity index (χ4n) is 3.00. The first kappa shape index (κ1) is 32.0. The van der Waals surface area contributed by atoms with Crippen LogP contribution in [0.4, 0.5) is 17.3 Å². The number of nitrogens with zero attached hydrogens (tertiary/aromatic N) is 3. The normalized spacial score (nSPS) is 15.4. The molecule has 2 atom stereocenters. The van der Waals surface area contributed by atoms with E-state index in [0.717, 1.165) is 17.7 Å². The molecule has 0 spiro atoms. The summed E-state index contributed by atoms with van der Waals surface area (Å²) >= 11 is 0. The molecule has 0 saturated carbocycles. The Labute approximate surface area is 225 Å². The van der Waals surface area contributed by atoms with Gasteiger partial charge >= 0.3 is 36.1 Å². The van der Waals surface area contributed by atoms with Gasteiger partial charge in [-0.25, -0.2) is 4.99 Å². The zero-order valence-electron chi connectivity index (χ0n) is 20.0. The summed E-state index contributed by atoms with van der Waals surface area (Å²) in [6.07, 6.45) is 10.7. The van der Waals surface area contributed by atoms with E-state index in [0.29, 0.717) is 18.4 Å². The number of ether oxygens (including phenoxy) is 1. The molecule has 0 saturated heterocycles. The summed E-state index contributed by atoms with van der Waals surface area (Å²) in [6, 6.07) is 16.2. The maximum absolute atomic E-state index is 9.75. The first-order chi connectivity index (χ1) is 16.7. The van der Waals surface area contributed by atoms with E-state index in [4.69, 9.17) is 14.3 Å². The molecule has 0 aliphatic carbocycles. The molecule has 1 aliphatic heterocycles. The second-order valence-corrected chi connectivity index (χ2v) is 9.06. The minimum absolute atomic E-state index is 0. The fourth-order valence-corrected chi connectivity index (χ4v) is 4.53. The van der Waals surface area contributed by atoms with Crippen molar-refractivity contribution in [3.05, 3.63) is 99.2 Å². The number of halogens is 4. The molecule has 12 heteroatoms. The predicted octanol–water partition coefficient (Wildman–Crippen LogP) is 7.34. The van der Waals surface area contributed by atoms with Crippen molar-refractivity contribution in [3.63, 3.8) is 0 Å². The van der Waals surface area contributed by atoms with Gasteiger partial charge in [0.25, 0.3) is 0 Å². The van der Waals surface area contributed by atoms with Crippen molar-refractivity contribution in [2.45, 2.75) is 26.3 Å². The molecule has 0 unspecified atom stereocenters. The average Bonchev–Trinajstić information content (AvgIpc) is 3.59. The van der Waals surface area contributed by atoms with E-state index in [-0.39, 0.29) is 26.5 Å². The van der Waals surface area contributed by atoms with Gasteiger partial charge in [-0.3, -0.25) is 8.68 Å². The van der Waals surface area contributed by atoms with Crippen molar-refractivity contribution >= 4 is 21.6 Å². The summed E-state index contributed by atoms with van der Waals surface area (Å²) in [7, 11) is -7.09. The number of hydrogen-bond acceptors (Lipinski definition) is 3. The molecule has 3 radical (unpaired) electrons. The third kappa shape index (κ3) is 10.5. The van der Waals surface area contributed by atoms with Crippen LogP contribution in [0.5, 0.6) is 5.75 Å². The Hall–Kier alpha value is -2.07. The SMILES string of the molecule is CC[C@H](C)[C@H]1COC(c2ccccc2OP(n2cccc2)n2cccc2)=N1.F[B-](F)(F)F.[CH2][CH][CH2].[Pd+2]. The average molecular weight is 616 g/mol. The van der Waals surface area contributed by atoms with Crippen molar-refractivity contribution in [2.24, 2.45) is 10.9 Å². The second kappa shape index (κ2) is 15.9. The molecule has 36 heavy (non-hydrogen) atoms. The van der Waals surface area contributed by atoms with E-state index >= 15 is 0 Å². The van der Waals surface area contributed by atoms with Gasteiger partial charge in [0.15, 0.2) is 0 Å². The van der Waals surface area contributed by atoms with Crippen LogP contribution in [0.25, 0.3) is 0 Å². The Morgan fingerprint density at radius 3 is 2.00 bits per heavy atom. The van der Waals surface area contributed by atoms with Crippen LogP contribution < -0.4 is 4.52 Å². The molecule has 4 rings (SSSR count). The van der Waals surface area contributed by atoms with Gasteiger partial charge in [0.2, 0.25) is 5.90 Å². The van der Waals surface area contributed by atoms with Gasteiger partial charge in [0, 0.05) is 24.8 Å². The minimum atomic E-state index is -6.00. The molecule has 1 aromatic carbocycles. The predicted molar refractivity (Wildman–Crippen MR) is 135 cm³/mol. The Morgan fingerprint density at radius 1 is 1.06 bits per heavy atom. The summed E-state index contributed by atoms with van der Waals surface area (Å²) in [4.78, 5) is 4.83. The van der Waals surface area contributed by atoms with Crippen LogP contribution in [0.1, 0.15) is 25.8 Å². The van der Waals surface area contributed by atoms with Crippen molar-refractivity contribution in [3.8, 4) is 5.75 Å². The summed E-state index contributed by atoms with van der Waals surface area (Å²) in [5.41, 5.74) is 0.912. The Bertz CT molecular complexity index is 981. The molecule has 3 heterocycles. The van der Waals surface area contributed by atoms with Gasteiger partial charge in [-0.05, 0) is 62.6 Å². The summed E-state index contributed by atoms with van der Waals surface area (Å²) in [5.74, 6) is 1.98. The number of para-hydroxylation sites is 1. The standard InChI is InChI=1S/C21H24N3O2P.C3H5.BF4.Pd/c1-3-17(2)19-16-25-21(22-19)18-10-4-5-11-20(18)26-27(23-12-6-7-13-23)24-14-8-9-15-24;1-3-2;2-1(3,4)5;/h4-15,17,19H,3,16H2,1-2H3;3H,1-2H2;;/q;;-1;+2/t17-,19+;;;/m0.../s1. The number of aromatic nitrogens is 2. The van der Waals surface area contributed by atoms with E-state index in [2.05, 4.69) is 36.4 Å². The quantitative estimate of drug-likeness (QED) is 0.159. The second-order valence-electron chi connectivity index (χ2n) is 7.45. The van der Waals surface area contributed by atoms with Crippen LogP contribution in [0.3, 0.4) is 0 Å². The molecule has 0 bridgehead atoms. The number of aliphatic imine (C=N–C) groups is 1. The molecule has 1 aliphatic rings. The van der Waals surface area contributed by atoms with Crippen molar-refractivity contribution < 1.29 is 46.9 Å². The number of hydrogen-bond donors (Lipinski definition) is 0. The third-order valence-corrected chi connectivity index (χ3v) is 6.53. The van der Waals surface area contributed by atoms with Gasteiger partial charge in [-0.2, -0.15) is 0 Å². The zero-order chi connectivity index (χ0) is 25.8. The van der Waals surface area contributed by atoms with Crippen LogP contribution in [-0.4, -0.2) is 34.5 Å². The molecule has 0 N–H and O–H groups in total. The molecule has 197 valence electrons. The molecular weight excluding hydrogens is 586 g/mol. The van der Waals surface area contributed by atoms with Gasteiger partial charge < -0.3 is 26.5 Å². The van der Waals surface area contributed by atoms with Gasteiger partial charge in [-0.1, -0.05) is 32.4 Å². The summed E-state index contributed by atoms with van der Waals surface area (Å²) < 4.78 is 55.6. The Morgan fingerprint density at radius 2 is 1.53 bits per heavy atom. The molecule has 0 fully saturated rings. The van der Waals surface area contributed by atoms with E-state index in [1.165, 1.54) is 6.42 Å². The fraction of sp³-hybridized carbons (Fsp3) is 0.250. The van der Waals surface area contributed by atoms with Crippen molar-refractivity contribution in [1.82, 2.24) is 8.68 Å². The van der Waals surface area contributed by atoms with Gasteiger partial charge in [0.05, 0.1) is 11.6 Å². The number of rotatable bonds is 7. The molecule has 2 aromatic heterocycles. The van der Waals surface area contributed by atoms with E-state index in [1.54, 1.807) is 0 Å². The van der Waals surface area contributed by atoms with Gasteiger partial charge in [-0.15, -0.1) is 0 Å². The first-order valence-corrected chi connectivity index (χ1v) is 12.2. The van der Waals surface area contributed by atoms with E-state index in [9.17, 15) is 17.3 Å². The maximum Gasteiger partial charge on any atom is 2.00 e. The van der Waals surface area contributed by atoms with Crippen molar-refractivity contribution in [2.75, 3.05) is 6.61 Å². The van der Waals surface area contributed by atoms with E-state index in [1.807, 2.05) is 73.3 Å². The Kier molecular flexibility index (Phi) is 14.1. The van der Waals surface area contributed by atoms with E-state index < -0.39 is 15.7 Å². The largest absolute Gasteiger partial charge is 2.00 e. The molecule has 3 aromatic rings. The summed E-state index contributed by atoms with van der Waals surface area (Å²) in [6.45, 7) is 11.6. The van der Waals surface area contributed by atoms with Crippen LogP contribution in [0.15, 0.2) is 78.3 Å². The van der Waals surface area contributed by atoms with Crippen LogP contribution >= 0.6 is 8.45 Å². The molecular formula is C24H29BF4N3O2PPd+. The Balaban J connectivity index is 0.000000634. The minimum Gasteiger partial charge on any atom is -0.475 e. The monoisotopic (exact) mass is 615 g/mol. The number of benzene rings is 1. The maximum atomic E-state index is 9.75. The topological polar surface area (TPSA) is 40.7 Å². The van der Waals surface area contributed by atoms with Crippen LogP contribution in [0.2, 0.25) is 0 Å². The zero-order valence-corrected chi connectivity index (χ0v) is 22.4. The smallest absolute Gasteiger partial charge is 0.475 e. The molecule has 0 amide bonds. The summed E-state index contributed by atoms with van der Waals surface area (Å²) in [5, 5.41) is 0. The first-order valence-electron chi connectivity index (χ1n) is 11.0. The van der Waals surface area contributed by atoms with Crippen LogP contribution in [-0.2, 0) is 25.2 Å². The third-order valence-electron chi connectivity index (χ3n) is 4.84. The van der Waals surface area contributed by atoms with Crippen LogP contribution in [0, 0.1) is 26.2 Å². The molecule has 5 nitrogen and oxygen atoms in total.